The van der Waals surface area contributed by atoms with E-state index in [0.717, 1.165) is 18.6 Å². The molecule has 1 aromatic heterocycles. The van der Waals surface area contributed by atoms with Gasteiger partial charge in [-0.1, -0.05) is 0 Å². The summed E-state index contributed by atoms with van der Waals surface area (Å²) < 4.78 is 10.6. The number of hydrogen-bond donors (Lipinski definition) is 1. The molecule has 0 saturated carbocycles. The van der Waals surface area contributed by atoms with Crippen molar-refractivity contribution < 1.29 is 9.15 Å². The Bertz CT molecular complexity index is 309. The lowest BCUT2D eigenvalue weighted by molar-refractivity contribution is 0.0121. The molecule has 0 aliphatic rings. The van der Waals surface area contributed by atoms with Gasteiger partial charge >= 0.3 is 0 Å². The molecule has 15 heavy (non-hydrogen) atoms. The van der Waals surface area contributed by atoms with Crippen LogP contribution in [0.15, 0.2) is 16.5 Å². The molecule has 1 unspecified atom stereocenters. The standard InChI is InChI=1S/C11H18ClNO2/c1-11(2,14-3)7-6-8(13)9-4-5-10(12)15-9/h4-5,8H,6-7,13H2,1-3H3. The number of nitrogens with two attached hydrogens (primary N) is 1. The van der Waals surface area contributed by atoms with Crippen LogP contribution in [-0.4, -0.2) is 12.7 Å². The van der Waals surface area contributed by atoms with E-state index in [1.54, 1.807) is 13.2 Å². The van der Waals surface area contributed by atoms with Gasteiger partial charge in [0, 0.05) is 7.11 Å². The average Bonchev–Trinajstić information content (AvgIpc) is 2.61. The molecule has 4 heteroatoms. The highest BCUT2D eigenvalue weighted by Gasteiger charge is 2.19. The van der Waals surface area contributed by atoms with Crippen LogP contribution in [0.1, 0.15) is 38.5 Å². The van der Waals surface area contributed by atoms with Gasteiger partial charge in [0.05, 0.1) is 11.6 Å². The Morgan fingerprint density at radius 1 is 1.53 bits per heavy atom. The fraction of sp³-hybridized carbons (Fsp3) is 0.636. The molecule has 0 fully saturated rings. The fourth-order valence-corrected chi connectivity index (χ4v) is 1.43. The van der Waals surface area contributed by atoms with Crippen LogP contribution < -0.4 is 5.73 Å². The molecule has 0 bridgehead atoms. The van der Waals surface area contributed by atoms with E-state index in [1.807, 2.05) is 19.9 Å². The Kier molecular flexibility index (Phi) is 4.20. The molecule has 86 valence electrons. The summed E-state index contributed by atoms with van der Waals surface area (Å²) in [5.74, 6) is 0.729. The van der Waals surface area contributed by atoms with Crippen molar-refractivity contribution in [2.75, 3.05) is 7.11 Å². The second-order valence-corrected chi connectivity index (χ2v) is 4.62. The highest BCUT2D eigenvalue weighted by molar-refractivity contribution is 6.28. The van der Waals surface area contributed by atoms with Crippen LogP contribution in [0.25, 0.3) is 0 Å². The molecule has 0 aliphatic carbocycles. The summed E-state index contributed by atoms with van der Waals surface area (Å²) in [6, 6.07) is 3.40. The molecule has 0 aliphatic heterocycles. The fourth-order valence-electron chi connectivity index (χ4n) is 1.27. The van der Waals surface area contributed by atoms with Crippen molar-refractivity contribution in [1.82, 2.24) is 0 Å². The summed E-state index contributed by atoms with van der Waals surface area (Å²) in [4.78, 5) is 0. The first kappa shape index (κ1) is 12.6. The van der Waals surface area contributed by atoms with E-state index in [0.29, 0.717) is 5.22 Å². The zero-order chi connectivity index (χ0) is 11.5. The molecule has 0 saturated heterocycles. The number of ether oxygens (including phenoxy) is 1. The lowest BCUT2D eigenvalue weighted by Crippen LogP contribution is -2.24. The topological polar surface area (TPSA) is 48.4 Å². The van der Waals surface area contributed by atoms with Gasteiger partial charge in [0.15, 0.2) is 5.22 Å². The number of hydrogen-bond acceptors (Lipinski definition) is 3. The van der Waals surface area contributed by atoms with E-state index in [2.05, 4.69) is 0 Å². The van der Waals surface area contributed by atoms with Crippen molar-refractivity contribution in [3.8, 4) is 0 Å². The van der Waals surface area contributed by atoms with Gasteiger partial charge in [-0.3, -0.25) is 0 Å². The predicted molar refractivity (Wildman–Crippen MR) is 61.0 cm³/mol. The molecule has 0 radical (unpaired) electrons. The van der Waals surface area contributed by atoms with Crippen molar-refractivity contribution in [2.24, 2.45) is 5.73 Å². The van der Waals surface area contributed by atoms with Gasteiger partial charge in [0.1, 0.15) is 5.76 Å². The summed E-state index contributed by atoms with van der Waals surface area (Å²) in [5, 5.41) is 0.381. The molecule has 1 heterocycles. The summed E-state index contributed by atoms with van der Waals surface area (Å²) >= 11 is 5.67. The summed E-state index contributed by atoms with van der Waals surface area (Å²) in [6.07, 6.45) is 1.69. The van der Waals surface area contributed by atoms with Gasteiger partial charge < -0.3 is 14.9 Å². The predicted octanol–water partition coefficient (Wildman–Crippen LogP) is 3.14. The molecule has 0 aromatic carbocycles. The van der Waals surface area contributed by atoms with Crippen LogP contribution in [0, 0.1) is 0 Å². The van der Waals surface area contributed by atoms with Crippen molar-refractivity contribution in [3.05, 3.63) is 23.1 Å². The minimum atomic E-state index is -0.145. The molecule has 3 nitrogen and oxygen atoms in total. The highest BCUT2D eigenvalue weighted by Crippen LogP contribution is 2.25. The van der Waals surface area contributed by atoms with Gasteiger partial charge in [-0.2, -0.15) is 0 Å². The first-order valence-corrected chi connectivity index (χ1v) is 5.38. The quantitative estimate of drug-likeness (QED) is 0.847. The average molecular weight is 232 g/mol. The van der Waals surface area contributed by atoms with Gasteiger partial charge in [0.2, 0.25) is 0 Å². The van der Waals surface area contributed by atoms with Crippen LogP contribution in [0.3, 0.4) is 0 Å². The maximum absolute atomic E-state index is 5.96. The maximum atomic E-state index is 5.96. The summed E-state index contributed by atoms with van der Waals surface area (Å²) in [6.45, 7) is 4.07. The Hall–Kier alpha value is -0.510. The SMILES string of the molecule is COC(C)(C)CCC(N)c1ccc(Cl)o1. The summed E-state index contributed by atoms with van der Waals surface area (Å²) in [5.41, 5.74) is 5.82. The minimum absolute atomic E-state index is 0.119. The van der Waals surface area contributed by atoms with E-state index >= 15 is 0 Å². The van der Waals surface area contributed by atoms with Gasteiger partial charge in [0.25, 0.3) is 0 Å². The Morgan fingerprint density at radius 3 is 2.67 bits per heavy atom. The Labute approximate surface area is 95.5 Å². The second kappa shape index (κ2) is 5.01. The number of methoxy groups -OCH3 is 1. The molecular weight excluding hydrogens is 214 g/mol. The Balaban J connectivity index is 2.46. The molecule has 0 spiro atoms. The van der Waals surface area contributed by atoms with Crippen LogP contribution in [0.5, 0.6) is 0 Å². The molecule has 1 aromatic rings. The third-order valence-electron chi connectivity index (χ3n) is 2.57. The summed E-state index contributed by atoms with van der Waals surface area (Å²) in [7, 11) is 1.70. The van der Waals surface area contributed by atoms with E-state index in [9.17, 15) is 0 Å². The maximum Gasteiger partial charge on any atom is 0.193 e. The van der Waals surface area contributed by atoms with E-state index in [1.165, 1.54) is 0 Å². The van der Waals surface area contributed by atoms with E-state index in [4.69, 9.17) is 26.5 Å². The smallest absolute Gasteiger partial charge is 0.193 e. The Morgan fingerprint density at radius 2 is 2.20 bits per heavy atom. The van der Waals surface area contributed by atoms with Crippen molar-refractivity contribution >= 4 is 11.6 Å². The van der Waals surface area contributed by atoms with E-state index < -0.39 is 0 Å². The molecular formula is C11H18ClNO2. The zero-order valence-electron chi connectivity index (χ0n) is 9.42. The number of halogens is 1. The van der Waals surface area contributed by atoms with E-state index in [-0.39, 0.29) is 11.6 Å². The second-order valence-electron chi connectivity index (χ2n) is 4.25. The monoisotopic (exact) mass is 231 g/mol. The van der Waals surface area contributed by atoms with Crippen LogP contribution in [0.2, 0.25) is 5.22 Å². The third-order valence-corrected chi connectivity index (χ3v) is 2.77. The van der Waals surface area contributed by atoms with Crippen LogP contribution in [-0.2, 0) is 4.74 Å². The number of rotatable bonds is 5. The first-order valence-electron chi connectivity index (χ1n) is 5.00. The third kappa shape index (κ3) is 3.86. The van der Waals surface area contributed by atoms with Crippen molar-refractivity contribution in [3.63, 3.8) is 0 Å². The van der Waals surface area contributed by atoms with Crippen molar-refractivity contribution in [1.29, 1.82) is 0 Å². The van der Waals surface area contributed by atoms with Gasteiger partial charge in [-0.25, -0.2) is 0 Å². The highest BCUT2D eigenvalue weighted by atomic mass is 35.5. The molecule has 2 N–H and O–H groups in total. The normalized spacial score (nSPS) is 14.2. The molecule has 0 amide bonds. The van der Waals surface area contributed by atoms with Crippen molar-refractivity contribution in [2.45, 2.75) is 38.3 Å². The zero-order valence-corrected chi connectivity index (χ0v) is 10.2. The van der Waals surface area contributed by atoms with Gasteiger partial charge in [-0.05, 0) is 50.4 Å². The minimum Gasteiger partial charge on any atom is -0.448 e. The van der Waals surface area contributed by atoms with Crippen LogP contribution in [0.4, 0.5) is 0 Å². The largest absolute Gasteiger partial charge is 0.448 e. The van der Waals surface area contributed by atoms with Gasteiger partial charge in [-0.15, -0.1) is 0 Å². The van der Waals surface area contributed by atoms with Crippen LogP contribution >= 0.6 is 11.6 Å². The lowest BCUT2D eigenvalue weighted by atomic mass is 9.98. The first-order chi connectivity index (χ1) is 6.94. The molecule has 1 rings (SSSR count). The number of furan rings is 1. The lowest BCUT2D eigenvalue weighted by Gasteiger charge is -2.23. The molecule has 1 atom stereocenters.